The number of nitrogens with zero attached hydrogens (tertiary/aromatic N) is 2. The standard InChI is InChI=1S/C27H27BrF2N2O5/c28-16-5-9-23-20(12-16)26(31(18-7-8-18)24(33)10-11-25(34)35)19-2-1-3-22(19)32(23,27(36)37)14-15-4-6-17(29)13-21(15)30/h4-6,9,12-13,18-19,22,26H,1-3,7-8,10-11,14H2,(H-,34,35,36,37)/p+1/t19-,22+,26+,32-/m0/s1. The topological polar surface area (TPSA) is 94.9 Å². The predicted octanol–water partition coefficient (Wildman–Crippen LogP) is 5.99. The van der Waals surface area contributed by atoms with E-state index < -0.39 is 40.3 Å². The minimum atomic E-state index is -1.13. The smallest absolute Gasteiger partial charge is 0.481 e. The average molecular weight is 578 g/mol. The van der Waals surface area contributed by atoms with Crippen LogP contribution < -0.4 is 4.48 Å². The first-order chi connectivity index (χ1) is 17.6. The summed E-state index contributed by atoms with van der Waals surface area (Å²) in [6.07, 6.45) is 2.13. The number of carboxylic acids is 1. The summed E-state index contributed by atoms with van der Waals surface area (Å²) >= 11 is 3.50. The molecular formula is C27H28BrF2N2O5+. The Morgan fingerprint density at radius 3 is 2.41 bits per heavy atom. The Balaban J connectivity index is 1.67. The Morgan fingerprint density at radius 1 is 1.00 bits per heavy atom. The lowest BCUT2D eigenvalue weighted by Gasteiger charge is -2.50. The van der Waals surface area contributed by atoms with Crippen LogP contribution in [0.2, 0.25) is 0 Å². The first kappa shape index (κ1) is 25.8. The Bertz CT molecular complexity index is 1270. The second kappa shape index (κ2) is 9.79. The Hall–Kier alpha value is -2.85. The van der Waals surface area contributed by atoms with E-state index in [0.29, 0.717) is 24.1 Å². The third kappa shape index (κ3) is 4.54. The van der Waals surface area contributed by atoms with Crippen LogP contribution in [-0.2, 0) is 16.1 Å². The van der Waals surface area contributed by atoms with Crippen molar-refractivity contribution in [2.45, 2.75) is 69.6 Å². The van der Waals surface area contributed by atoms with Gasteiger partial charge in [0, 0.05) is 52.5 Å². The molecule has 0 spiro atoms. The first-order valence-electron chi connectivity index (χ1n) is 12.5. The second-order valence-corrected chi connectivity index (χ2v) is 11.2. The highest BCUT2D eigenvalue weighted by atomic mass is 79.9. The van der Waals surface area contributed by atoms with Gasteiger partial charge in [0.1, 0.15) is 29.9 Å². The molecule has 4 atom stereocenters. The molecule has 2 N–H and O–H groups in total. The van der Waals surface area contributed by atoms with E-state index in [4.69, 9.17) is 5.11 Å². The largest absolute Gasteiger partial charge is 0.519 e. The number of quaternary nitrogens is 1. The van der Waals surface area contributed by atoms with Gasteiger partial charge in [0.15, 0.2) is 0 Å². The molecule has 0 saturated heterocycles. The highest BCUT2D eigenvalue weighted by Crippen LogP contribution is 2.56. The number of hydrogen-bond donors (Lipinski definition) is 2. The zero-order valence-electron chi connectivity index (χ0n) is 20.1. The summed E-state index contributed by atoms with van der Waals surface area (Å²) in [5.41, 5.74) is 1.26. The molecule has 2 saturated carbocycles. The van der Waals surface area contributed by atoms with Crippen molar-refractivity contribution >= 4 is 39.6 Å². The van der Waals surface area contributed by atoms with Crippen LogP contribution >= 0.6 is 15.9 Å². The monoisotopic (exact) mass is 577 g/mol. The fourth-order valence-electron chi connectivity index (χ4n) is 6.49. The molecule has 1 heterocycles. The molecule has 7 nitrogen and oxygen atoms in total. The van der Waals surface area contributed by atoms with Crippen molar-refractivity contribution in [2.75, 3.05) is 0 Å². The van der Waals surface area contributed by atoms with Crippen molar-refractivity contribution in [3.05, 3.63) is 63.6 Å². The van der Waals surface area contributed by atoms with Gasteiger partial charge in [0.05, 0.1) is 12.5 Å². The molecule has 0 radical (unpaired) electrons. The first-order valence-corrected chi connectivity index (χ1v) is 13.3. The predicted molar refractivity (Wildman–Crippen MR) is 135 cm³/mol. The van der Waals surface area contributed by atoms with Gasteiger partial charge < -0.3 is 15.1 Å². The number of rotatable bonds is 7. The molecule has 10 heteroatoms. The number of fused-ring (bicyclic) bond motifs is 2. The van der Waals surface area contributed by atoms with Gasteiger partial charge in [-0.25, -0.2) is 8.78 Å². The maximum atomic E-state index is 14.8. The molecule has 0 unspecified atom stereocenters. The molecule has 2 aromatic carbocycles. The average Bonchev–Trinajstić information content (AvgIpc) is 3.55. The number of aliphatic carboxylic acids is 1. The molecule has 2 aliphatic carbocycles. The number of amides is 2. The van der Waals surface area contributed by atoms with Gasteiger partial charge in [0.2, 0.25) is 5.91 Å². The minimum Gasteiger partial charge on any atom is -0.481 e. The highest BCUT2D eigenvalue weighted by Gasteiger charge is 2.61. The van der Waals surface area contributed by atoms with Gasteiger partial charge in [-0.05, 0) is 49.9 Å². The number of carbonyl (C=O) groups is 3. The summed E-state index contributed by atoms with van der Waals surface area (Å²) in [4.78, 5) is 39.6. The van der Waals surface area contributed by atoms with Gasteiger partial charge in [-0.2, -0.15) is 9.28 Å². The summed E-state index contributed by atoms with van der Waals surface area (Å²) in [5, 5.41) is 19.9. The maximum Gasteiger partial charge on any atom is 0.519 e. The molecule has 0 bridgehead atoms. The molecule has 3 aliphatic rings. The van der Waals surface area contributed by atoms with Crippen LogP contribution in [-0.4, -0.2) is 45.2 Å². The summed E-state index contributed by atoms with van der Waals surface area (Å²) in [6, 6.07) is 7.66. The quantitative estimate of drug-likeness (QED) is 0.394. The van der Waals surface area contributed by atoms with E-state index in [0.717, 1.165) is 35.9 Å². The molecule has 2 fully saturated rings. The Kier molecular flexibility index (Phi) is 6.83. The Labute approximate surface area is 221 Å². The van der Waals surface area contributed by atoms with E-state index in [9.17, 15) is 28.3 Å². The molecule has 1 aliphatic heterocycles. The number of benzene rings is 2. The zero-order chi connectivity index (χ0) is 26.5. The van der Waals surface area contributed by atoms with Crippen LogP contribution in [0, 0.1) is 17.6 Å². The van der Waals surface area contributed by atoms with Gasteiger partial charge >= 0.3 is 12.1 Å². The lowest BCUT2D eigenvalue weighted by Crippen LogP contribution is -2.65. The van der Waals surface area contributed by atoms with Crippen LogP contribution in [0.5, 0.6) is 0 Å². The highest BCUT2D eigenvalue weighted by molar-refractivity contribution is 9.10. The molecule has 196 valence electrons. The maximum absolute atomic E-state index is 14.8. The van der Waals surface area contributed by atoms with Crippen LogP contribution in [0.15, 0.2) is 40.9 Å². The van der Waals surface area contributed by atoms with E-state index in [1.54, 1.807) is 12.1 Å². The fourth-order valence-corrected chi connectivity index (χ4v) is 6.87. The molecule has 37 heavy (non-hydrogen) atoms. The molecule has 0 aromatic heterocycles. The van der Waals surface area contributed by atoms with E-state index in [1.807, 2.05) is 11.0 Å². The van der Waals surface area contributed by atoms with Crippen LogP contribution in [0.1, 0.15) is 62.1 Å². The van der Waals surface area contributed by atoms with Crippen molar-refractivity contribution < 1.29 is 33.4 Å². The third-order valence-electron chi connectivity index (χ3n) is 8.10. The van der Waals surface area contributed by atoms with E-state index in [1.165, 1.54) is 6.07 Å². The van der Waals surface area contributed by atoms with Crippen molar-refractivity contribution in [3.8, 4) is 0 Å². The number of halogens is 3. The van der Waals surface area contributed by atoms with E-state index in [-0.39, 0.29) is 42.8 Å². The third-order valence-corrected chi connectivity index (χ3v) is 8.59. The van der Waals surface area contributed by atoms with Crippen molar-refractivity contribution in [1.29, 1.82) is 0 Å². The fraction of sp³-hybridized carbons (Fsp3) is 0.444. The van der Waals surface area contributed by atoms with E-state index >= 15 is 0 Å². The number of carboxylic acid groups (broad SMARTS) is 2. The SMILES string of the molecule is O=C(O)CCC(=O)N(C1CC1)[C@H]1c2cc(Br)ccc2[N@@+](Cc2ccc(F)cc2F)(C(=O)O)[C@@H]2CCC[C@@H]21. The Morgan fingerprint density at radius 2 is 1.76 bits per heavy atom. The van der Waals surface area contributed by atoms with Crippen LogP contribution in [0.3, 0.4) is 0 Å². The van der Waals surface area contributed by atoms with Gasteiger partial charge in [0.25, 0.3) is 0 Å². The van der Waals surface area contributed by atoms with Gasteiger partial charge in [-0.3, -0.25) is 9.59 Å². The van der Waals surface area contributed by atoms with Crippen molar-refractivity contribution in [3.63, 3.8) is 0 Å². The van der Waals surface area contributed by atoms with Gasteiger partial charge in [-0.1, -0.05) is 15.9 Å². The molecular weight excluding hydrogens is 550 g/mol. The van der Waals surface area contributed by atoms with Crippen molar-refractivity contribution in [2.24, 2.45) is 5.92 Å². The molecule has 2 amide bonds. The van der Waals surface area contributed by atoms with Gasteiger partial charge in [-0.15, -0.1) is 0 Å². The van der Waals surface area contributed by atoms with Crippen molar-refractivity contribution in [1.82, 2.24) is 9.38 Å². The van der Waals surface area contributed by atoms with Crippen LogP contribution in [0.4, 0.5) is 19.3 Å². The summed E-state index contributed by atoms with van der Waals surface area (Å²) in [6.45, 7) is -0.194. The van der Waals surface area contributed by atoms with E-state index in [2.05, 4.69) is 15.9 Å². The molecule has 2 aromatic rings. The summed E-state index contributed by atoms with van der Waals surface area (Å²) < 4.78 is 28.7. The lowest BCUT2D eigenvalue weighted by atomic mass is 9.79. The summed E-state index contributed by atoms with van der Waals surface area (Å²) in [7, 11) is 0. The normalized spacial score (nSPS) is 26.3. The zero-order valence-corrected chi connectivity index (χ0v) is 21.7. The minimum absolute atomic E-state index is 0.0150. The number of hydrogen-bond acceptors (Lipinski definition) is 3. The van der Waals surface area contributed by atoms with Crippen LogP contribution in [0.25, 0.3) is 0 Å². The lowest BCUT2D eigenvalue weighted by molar-refractivity contribution is -0.143. The molecule has 5 rings (SSSR count). The number of carbonyl (C=O) groups excluding carboxylic acids is 1. The summed E-state index contributed by atoms with van der Waals surface area (Å²) in [5.74, 6) is -3.03. The second-order valence-electron chi connectivity index (χ2n) is 10.3.